The summed E-state index contributed by atoms with van der Waals surface area (Å²) in [6.07, 6.45) is 7.65. The molecule has 0 saturated heterocycles. The Balaban J connectivity index is 1.95. The van der Waals surface area contributed by atoms with E-state index in [1.807, 2.05) is 0 Å². The van der Waals surface area contributed by atoms with Crippen LogP contribution in [0.2, 0.25) is 0 Å². The molecule has 15 heavy (non-hydrogen) atoms. The van der Waals surface area contributed by atoms with Crippen molar-refractivity contribution in [1.82, 2.24) is 15.0 Å². The molecule has 2 atom stereocenters. The van der Waals surface area contributed by atoms with Gasteiger partial charge < -0.3 is 5.11 Å². The molecule has 5 heteroatoms. The number of nitrogens with zero attached hydrogens (tertiary/aromatic N) is 3. The average molecular weight is 209 g/mol. The van der Waals surface area contributed by atoms with Crippen LogP contribution in [0.5, 0.6) is 0 Å². The van der Waals surface area contributed by atoms with Gasteiger partial charge in [0.2, 0.25) is 0 Å². The van der Waals surface area contributed by atoms with Crippen LogP contribution >= 0.6 is 0 Å². The van der Waals surface area contributed by atoms with Gasteiger partial charge in [-0.15, -0.1) is 0 Å². The second kappa shape index (κ2) is 4.42. The lowest BCUT2D eigenvalue weighted by Crippen LogP contribution is -2.22. The topological polar surface area (TPSA) is 68.0 Å². The summed E-state index contributed by atoms with van der Waals surface area (Å²) in [5.74, 6) is -0.415. The number of hydrogen-bond acceptors (Lipinski definition) is 3. The van der Waals surface area contributed by atoms with Crippen LogP contribution in [-0.4, -0.2) is 26.1 Å². The van der Waals surface area contributed by atoms with E-state index in [0.29, 0.717) is 0 Å². The van der Waals surface area contributed by atoms with Crippen LogP contribution in [0, 0.1) is 5.92 Å². The van der Waals surface area contributed by atoms with Crippen molar-refractivity contribution in [2.45, 2.75) is 38.1 Å². The molecule has 0 aliphatic heterocycles. The molecule has 0 aromatic carbocycles. The van der Waals surface area contributed by atoms with Gasteiger partial charge in [-0.25, -0.2) is 0 Å². The maximum absolute atomic E-state index is 10.6. The van der Waals surface area contributed by atoms with E-state index in [4.69, 9.17) is 5.11 Å². The maximum Gasteiger partial charge on any atom is 0.303 e. The van der Waals surface area contributed by atoms with E-state index in [-0.39, 0.29) is 18.4 Å². The van der Waals surface area contributed by atoms with Crippen molar-refractivity contribution in [3.05, 3.63) is 12.4 Å². The predicted octanol–water partition coefficient (Wildman–Crippen LogP) is 1.48. The number of carbonyl (C=O) groups is 1. The van der Waals surface area contributed by atoms with Gasteiger partial charge in [-0.05, 0) is 25.2 Å². The molecule has 0 spiro atoms. The average Bonchev–Trinajstić information content (AvgIpc) is 2.69. The Morgan fingerprint density at radius 1 is 1.40 bits per heavy atom. The van der Waals surface area contributed by atoms with E-state index in [9.17, 15) is 4.79 Å². The Labute approximate surface area is 88.1 Å². The summed E-state index contributed by atoms with van der Waals surface area (Å²) in [6, 6.07) is 0.290. The predicted molar refractivity (Wildman–Crippen MR) is 53.3 cm³/mol. The fourth-order valence-electron chi connectivity index (χ4n) is 2.32. The molecule has 5 nitrogen and oxygen atoms in total. The number of hydrogen-bond donors (Lipinski definition) is 1. The molecule has 82 valence electrons. The van der Waals surface area contributed by atoms with Crippen molar-refractivity contribution in [1.29, 1.82) is 0 Å². The summed E-state index contributed by atoms with van der Waals surface area (Å²) in [6.45, 7) is 0. The highest BCUT2D eigenvalue weighted by Gasteiger charge is 2.25. The fraction of sp³-hybridized carbons (Fsp3) is 0.700. The number of rotatable bonds is 3. The zero-order chi connectivity index (χ0) is 10.7. The van der Waals surface area contributed by atoms with E-state index >= 15 is 0 Å². The third-order valence-corrected chi connectivity index (χ3v) is 2.98. The molecule has 1 aromatic heterocycles. The minimum atomic E-state index is -0.700. The zero-order valence-corrected chi connectivity index (χ0v) is 8.54. The molecule has 2 unspecified atom stereocenters. The van der Waals surface area contributed by atoms with Gasteiger partial charge in [-0.1, -0.05) is 6.42 Å². The lowest BCUT2D eigenvalue weighted by Gasteiger charge is -2.27. The van der Waals surface area contributed by atoms with E-state index in [0.717, 1.165) is 25.7 Å². The first-order valence-electron chi connectivity index (χ1n) is 5.33. The number of aliphatic carboxylic acids is 1. The monoisotopic (exact) mass is 209 g/mol. The molecule has 0 amide bonds. The molecule has 2 rings (SSSR count). The lowest BCUT2D eigenvalue weighted by atomic mass is 9.84. The molecule has 1 fully saturated rings. The molecule has 0 bridgehead atoms. The van der Waals surface area contributed by atoms with Gasteiger partial charge in [-0.2, -0.15) is 15.0 Å². The molecular weight excluding hydrogens is 194 g/mol. The van der Waals surface area contributed by atoms with Crippen LogP contribution in [0.25, 0.3) is 0 Å². The molecule has 1 heterocycles. The largest absolute Gasteiger partial charge is 0.481 e. The fourth-order valence-corrected chi connectivity index (χ4v) is 2.32. The van der Waals surface area contributed by atoms with Crippen LogP contribution in [0.15, 0.2) is 12.4 Å². The minimum Gasteiger partial charge on any atom is -0.481 e. The normalized spacial score (nSPS) is 26.4. The summed E-state index contributed by atoms with van der Waals surface area (Å²) < 4.78 is 0. The van der Waals surface area contributed by atoms with E-state index in [1.54, 1.807) is 17.2 Å². The first-order chi connectivity index (χ1) is 7.25. The second-order valence-electron chi connectivity index (χ2n) is 4.13. The van der Waals surface area contributed by atoms with Crippen molar-refractivity contribution in [3.8, 4) is 0 Å². The molecular formula is C10H15N3O2. The van der Waals surface area contributed by atoms with E-state index in [1.165, 1.54) is 0 Å². The van der Waals surface area contributed by atoms with Crippen LogP contribution in [0.4, 0.5) is 0 Å². The standard InChI is InChI=1S/C10H15N3O2/c14-10(15)7-8-2-1-3-9(6-8)13-11-4-5-12-13/h4-5,8-9H,1-3,6-7H2,(H,14,15). The van der Waals surface area contributed by atoms with Gasteiger partial charge in [-0.3, -0.25) is 4.79 Å². The minimum absolute atomic E-state index is 0.276. The van der Waals surface area contributed by atoms with Crippen LogP contribution in [-0.2, 0) is 4.79 Å². The Morgan fingerprint density at radius 3 is 2.80 bits per heavy atom. The SMILES string of the molecule is O=C(O)CC1CCCC(n2nccn2)C1. The highest BCUT2D eigenvalue weighted by atomic mass is 16.4. The number of carboxylic acid groups (broad SMARTS) is 1. The summed E-state index contributed by atoms with van der Waals surface area (Å²) >= 11 is 0. The zero-order valence-electron chi connectivity index (χ0n) is 8.54. The van der Waals surface area contributed by atoms with Crippen molar-refractivity contribution >= 4 is 5.97 Å². The van der Waals surface area contributed by atoms with Gasteiger partial charge in [0.25, 0.3) is 0 Å². The third-order valence-electron chi connectivity index (χ3n) is 2.98. The van der Waals surface area contributed by atoms with Gasteiger partial charge in [0.05, 0.1) is 18.4 Å². The van der Waals surface area contributed by atoms with Gasteiger partial charge in [0.1, 0.15) is 0 Å². The maximum atomic E-state index is 10.6. The van der Waals surface area contributed by atoms with Crippen molar-refractivity contribution in [3.63, 3.8) is 0 Å². The van der Waals surface area contributed by atoms with Crippen LogP contribution in [0.3, 0.4) is 0 Å². The molecule has 1 saturated carbocycles. The summed E-state index contributed by atoms with van der Waals surface area (Å²) in [5, 5.41) is 17.0. The molecule has 1 aromatic rings. The van der Waals surface area contributed by atoms with Crippen molar-refractivity contribution in [2.75, 3.05) is 0 Å². The first-order valence-corrected chi connectivity index (χ1v) is 5.33. The molecule has 1 aliphatic carbocycles. The highest BCUT2D eigenvalue weighted by molar-refractivity contribution is 5.67. The van der Waals surface area contributed by atoms with E-state index in [2.05, 4.69) is 10.2 Å². The summed E-state index contributed by atoms with van der Waals surface area (Å²) in [4.78, 5) is 12.3. The number of aromatic nitrogens is 3. The van der Waals surface area contributed by atoms with Gasteiger partial charge >= 0.3 is 5.97 Å². The highest BCUT2D eigenvalue weighted by Crippen LogP contribution is 2.33. The Morgan fingerprint density at radius 2 is 2.13 bits per heavy atom. The van der Waals surface area contributed by atoms with Crippen LogP contribution < -0.4 is 0 Å². The van der Waals surface area contributed by atoms with Crippen molar-refractivity contribution in [2.24, 2.45) is 5.92 Å². The molecule has 1 N–H and O–H groups in total. The summed E-state index contributed by atoms with van der Waals surface area (Å²) in [7, 11) is 0. The lowest BCUT2D eigenvalue weighted by molar-refractivity contribution is -0.138. The third kappa shape index (κ3) is 2.55. The Kier molecular flexibility index (Phi) is 2.99. The first kappa shape index (κ1) is 10.1. The number of carboxylic acids is 1. The molecule has 1 aliphatic rings. The van der Waals surface area contributed by atoms with Gasteiger partial charge in [0, 0.05) is 6.42 Å². The van der Waals surface area contributed by atoms with Gasteiger partial charge in [0.15, 0.2) is 0 Å². The second-order valence-corrected chi connectivity index (χ2v) is 4.13. The van der Waals surface area contributed by atoms with E-state index < -0.39 is 5.97 Å². The van der Waals surface area contributed by atoms with Crippen molar-refractivity contribution < 1.29 is 9.90 Å². The quantitative estimate of drug-likeness (QED) is 0.818. The smallest absolute Gasteiger partial charge is 0.303 e. The summed E-state index contributed by atoms with van der Waals surface area (Å²) in [5.41, 5.74) is 0. The molecule has 0 radical (unpaired) electrons. The Hall–Kier alpha value is -1.39. The Bertz CT molecular complexity index is 323. The van der Waals surface area contributed by atoms with Crippen LogP contribution in [0.1, 0.15) is 38.1 Å².